The minimum absolute atomic E-state index is 0.0722. The fraction of sp³-hybridized carbons (Fsp3) is 0.657. The van der Waals surface area contributed by atoms with Crippen molar-refractivity contribution in [1.29, 1.82) is 0 Å². The molecule has 0 heterocycles. The van der Waals surface area contributed by atoms with Crippen LogP contribution < -0.4 is 16.2 Å². The third kappa shape index (κ3) is 8.40. The number of guanidine groups is 1. The smallest absolute Gasteiger partial charge is 0.185 e. The van der Waals surface area contributed by atoms with Crippen LogP contribution in [-0.2, 0) is 16.0 Å². The fourth-order valence-corrected chi connectivity index (χ4v) is 7.45. The minimum atomic E-state index is 0.0722. The summed E-state index contributed by atoms with van der Waals surface area (Å²) in [5.74, 6) is 2.47. The fourth-order valence-electron chi connectivity index (χ4n) is 7.45. The normalized spacial score (nSPS) is 26.2. The van der Waals surface area contributed by atoms with Crippen molar-refractivity contribution in [2.24, 2.45) is 40.1 Å². The van der Waals surface area contributed by atoms with E-state index in [1.807, 2.05) is 12.1 Å². The van der Waals surface area contributed by atoms with Gasteiger partial charge in [0.1, 0.15) is 0 Å². The maximum absolute atomic E-state index is 12.6. The predicted octanol–water partition coefficient (Wildman–Crippen LogP) is 6.57. The van der Waals surface area contributed by atoms with E-state index in [1.165, 1.54) is 12.0 Å². The van der Waals surface area contributed by atoms with Gasteiger partial charge in [-0.2, -0.15) is 0 Å². The molecule has 0 saturated heterocycles. The monoisotopic (exact) mass is 579 g/mol. The maximum atomic E-state index is 12.6. The molecule has 0 radical (unpaired) electrons. The third-order valence-electron chi connectivity index (χ3n) is 9.59. The second kappa shape index (κ2) is 15.6. The molecule has 5 N–H and O–H groups in total. The molecule has 1 aromatic carbocycles. The molecule has 3 aliphatic carbocycles. The van der Waals surface area contributed by atoms with E-state index in [0.29, 0.717) is 43.6 Å². The summed E-state index contributed by atoms with van der Waals surface area (Å²) < 4.78 is 12.3. The second-order valence-corrected chi connectivity index (χ2v) is 12.8. The molecule has 1 aromatic rings. The van der Waals surface area contributed by atoms with Gasteiger partial charge in [-0.3, -0.25) is 9.79 Å². The number of nitrogens with two attached hydrogens (primary N) is 2. The number of rotatable bonds is 14. The Labute approximate surface area is 252 Å². The Morgan fingerprint density at radius 3 is 2.69 bits per heavy atom. The van der Waals surface area contributed by atoms with Crippen molar-refractivity contribution in [2.45, 2.75) is 103 Å². The van der Waals surface area contributed by atoms with Gasteiger partial charge in [0.05, 0.1) is 12.7 Å². The number of phenolic OH excluding ortho intramolecular Hbond substituents is 1. The topological polar surface area (TPSA) is 120 Å². The molecule has 0 amide bonds. The minimum Gasteiger partial charge on any atom is -0.504 e. The van der Waals surface area contributed by atoms with Crippen LogP contribution in [0.15, 0.2) is 40.9 Å². The summed E-state index contributed by atoms with van der Waals surface area (Å²) in [4.78, 5) is 16.9. The van der Waals surface area contributed by atoms with Crippen LogP contribution in [-0.4, -0.2) is 43.2 Å². The standard InChI is InChI=1S/C35H53N3O4/c1-4-5-6-9-27(39)15-13-24-19-30(34(40)32(20-24)42-28-10-7-8-11-28)33-29-18-23(2)12-14-25(29)21-26(31(33)22-41-3)16-17-38-35(36)37/h6,9,19-21,23,26,28-29,31,33,40H,4-5,7-8,10-18,22H2,1-3H3,(H4,36,37,38)/t23-,26-,29+,31+,33+/m1/s1. The highest BCUT2D eigenvalue weighted by Gasteiger charge is 2.44. The van der Waals surface area contributed by atoms with Crippen LogP contribution in [0.5, 0.6) is 11.5 Å². The van der Waals surface area contributed by atoms with E-state index in [9.17, 15) is 9.90 Å². The Hall–Kier alpha value is -2.80. The molecule has 42 heavy (non-hydrogen) atoms. The molecule has 7 nitrogen and oxygen atoms in total. The molecule has 3 aliphatic rings. The Balaban J connectivity index is 1.74. The molecule has 0 unspecified atom stereocenters. The number of hydrogen-bond acceptors (Lipinski definition) is 5. The number of carbonyl (C=O) groups is 1. The number of unbranched alkanes of at least 4 members (excludes halogenated alkanes) is 1. The maximum Gasteiger partial charge on any atom is 0.185 e. The van der Waals surface area contributed by atoms with Gasteiger partial charge in [-0.15, -0.1) is 0 Å². The van der Waals surface area contributed by atoms with Crippen LogP contribution in [0.1, 0.15) is 102 Å². The van der Waals surface area contributed by atoms with Gasteiger partial charge in [-0.25, -0.2) is 0 Å². The Morgan fingerprint density at radius 1 is 1.19 bits per heavy atom. The summed E-state index contributed by atoms with van der Waals surface area (Å²) >= 11 is 0. The van der Waals surface area contributed by atoms with Crippen LogP contribution in [0.4, 0.5) is 0 Å². The predicted molar refractivity (Wildman–Crippen MR) is 170 cm³/mol. The van der Waals surface area contributed by atoms with E-state index in [4.69, 9.17) is 20.9 Å². The van der Waals surface area contributed by atoms with E-state index < -0.39 is 0 Å². The van der Waals surface area contributed by atoms with Crippen LogP contribution in [0.25, 0.3) is 0 Å². The molecule has 2 fully saturated rings. The van der Waals surface area contributed by atoms with E-state index in [2.05, 4.69) is 31.0 Å². The average molecular weight is 580 g/mol. The summed E-state index contributed by atoms with van der Waals surface area (Å²) in [6.45, 7) is 5.59. The van der Waals surface area contributed by atoms with Gasteiger partial charge in [0, 0.05) is 25.6 Å². The highest BCUT2D eigenvalue weighted by atomic mass is 16.5. The van der Waals surface area contributed by atoms with Gasteiger partial charge in [0.25, 0.3) is 0 Å². The number of allylic oxidation sites excluding steroid dienone is 4. The number of ketones is 1. The van der Waals surface area contributed by atoms with Crippen molar-refractivity contribution >= 4 is 11.7 Å². The lowest BCUT2D eigenvalue weighted by Gasteiger charge is -2.46. The van der Waals surface area contributed by atoms with Gasteiger partial charge >= 0.3 is 0 Å². The summed E-state index contributed by atoms with van der Waals surface area (Å²) in [5.41, 5.74) is 14.8. The number of hydrogen-bond donors (Lipinski definition) is 3. The van der Waals surface area contributed by atoms with Crippen molar-refractivity contribution in [3.05, 3.63) is 47.1 Å². The Morgan fingerprint density at radius 2 is 1.98 bits per heavy atom. The van der Waals surface area contributed by atoms with Crippen molar-refractivity contribution < 1.29 is 19.4 Å². The first kappa shape index (κ1) is 32.1. The molecule has 4 rings (SSSR count). The first-order valence-electron chi connectivity index (χ1n) is 16.3. The number of aryl methyl sites for hydroxylation is 1. The lowest BCUT2D eigenvalue weighted by Crippen LogP contribution is -2.38. The van der Waals surface area contributed by atoms with Gasteiger partial charge in [0.15, 0.2) is 23.2 Å². The molecule has 0 aromatic heterocycles. The zero-order valence-corrected chi connectivity index (χ0v) is 26.0. The molecule has 2 saturated carbocycles. The van der Waals surface area contributed by atoms with Gasteiger partial charge in [-0.1, -0.05) is 44.1 Å². The molecule has 0 aliphatic heterocycles. The van der Waals surface area contributed by atoms with Crippen molar-refractivity contribution in [3.63, 3.8) is 0 Å². The summed E-state index contributed by atoms with van der Waals surface area (Å²) in [7, 11) is 1.76. The number of aromatic hydroxyl groups is 1. The highest BCUT2D eigenvalue weighted by Crippen LogP contribution is 2.55. The number of ether oxygens (including phenoxy) is 2. The van der Waals surface area contributed by atoms with Crippen LogP contribution in [0, 0.1) is 23.7 Å². The summed E-state index contributed by atoms with van der Waals surface area (Å²) in [6, 6.07) is 4.13. The van der Waals surface area contributed by atoms with Crippen molar-refractivity contribution in [2.75, 3.05) is 20.3 Å². The molecule has 7 heteroatoms. The molecular formula is C35H53N3O4. The molecular weight excluding hydrogens is 526 g/mol. The zero-order chi connectivity index (χ0) is 30.1. The molecule has 232 valence electrons. The van der Waals surface area contributed by atoms with E-state index in [1.54, 1.807) is 13.2 Å². The van der Waals surface area contributed by atoms with Gasteiger partial charge in [0.2, 0.25) is 0 Å². The molecule has 0 spiro atoms. The quantitative estimate of drug-likeness (QED) is 0.0992. The molecule has 5 atom stereocenters. The SMILES string of the molecule is CCCC=CC(=O)CCc1cc(OC2CCCC2)c(O)c([C@H]2[C@@H](COC)[C@H](CCN=C(N)N)C=C3CC[C@@H](C)C[C@@H]32)c1. The van der Waals surface area contributed by atoms with Crippen LogP contribution >= 0.6 is 0 Å². The van der Waals surface area contributed by atoms with Crippen molar-refractivity contribution in [3.8, 4) is 11.5 Å². The zero-order valence-electron chi connectivity index (χ0n) is 26.0. The third-order valence-corrected chi connectivity index (χ3v) is 9.59. The summed E-state index contributed by atoms with van der Waals surface area (Å²) in [6.07, 6.45) is 17.8. The van der Waals surface area contributed by atoms with E-state index in [-0.39, 0.29) is 41.3 Å². The lowest BCUT2D eigenvalue weighted by atomic mass is 9.59. The Kier molecular flexibility index (Phi) is 11.9. The average Bonchev–Trinajstić information content (AvgIpc) is 3.47. The number of nitrogens with zero attached hydrogens (tertiary/aromatic N) is 1. The van der Waals surface area contributed by atoms with Crippen LogP contribution in [0.2, 0.25) is 0 Å². The highest BCUT2D eigenvalue weighted by molar-refractivity contribution is 5.89. The second-order valence-electron chi connectivity index (χ2n) is 12.8. The first-order chi connectivity index (χ1) is 20.3. The lowest BCUT2D eigenvalue weighted by molar-refractivity contribution is -0.114. The van der Waals surface area contributed by atoms with Crippen molar-refractivity contribution in [1.82, 2.24) is 0 Å². The number of fused-ring (bicyclic) bond motifs is 1. The Bertz CT molecular complexity index is 1130. The van der Waals surface area contributed by atoms with E-state index in [0.717, 1.165) is 68.9 Å². The first-order valence-corrected chi connectivity index (χ1v) is 16.3. The van der Waals surface area contributed by atoms with E-state index >= 15 is 0 Å². The summed E-state index contributed by atoms with van der Waals surface area (Å²) in [5, 5.41) is 11.9. The number of phenols is 1. The van der Waals surface area contributed by atoms with Gasteiger partial charge < -0.3 is 26.0 Å². The van der Waals surface area contributed by atoms with Gasteiger partial charge in [-0.05, 0) is 112 Å². The number of benzene rings is 1. The number of methoxy groups -OCH3 is 1. The number of aliphatic imine (C=N–C) groups is 1. The molecule has 0 bridgehead atoms. The number of carbonyl (C=O) groups excluding carboxylic acids is 1. The largest absolute Gasteiger partial charge is 0.504 e. The van der Waals surface area contributed by atoms with Crippen LogP contribution in [0.3, 0.4) is 0 Å².